The predicted octanol–water partition coefficient (Wildman–Crippen LogP) is 2.63. The first-order valence-corrected chi connectivity index (χ1v) is 5.70. The largest absolute Gasteiger partial charge is 0.274 e. The third kappa shape index (κ3) is 2.00. The molecular weight excluding hydrogens is 277 g/mol. The van der Waals surface area contributed by atoms with Crippen molar-refractivity contribution < 1.29 is 14.0 Å². The van der Waals surface area contributed by atoms with Crippen LogP contribution in [-0.2, 0) is 9.59 Å². The maximum Gasteiger partial charge on any atom is 0.233 e. The van der Waals surface area contributed by atoms with Crippen molar-refractivity contribution in [3.8, 4) is 0 Å². The van der Waals surface area contributed by atoms with Crippen molar-refractivity contribution in [1.29, 1.82) is 0 Å². The van der Waals surface area contributed by atoms with E-state index in [-0.39, 0.29) is 16.3 Å². The van der Waals surface area contributed by atoms with Gasteiger partial charge in [-0.1, -0.05) is 0 Å². The first kappa shape index (κ1) is 11.3. The Labute approximate surface area is 100 Å². The van der Waals surface area contributed by atoms with Gasteiger partial charge in [-0.3, -0.25) is 14.5 Å². The van der Waals surface area contributed by atoms with E-state index in [2.05, 4.69) is 15.9 Å². The molecule has 16 heavy (non-hydrogen) atoms. The second-order valence-corrected chi connectivity index (χ2v) is 4.43. The Morgan fingerprint density at radius 3 is 2.38 bits per heavy atom. The van der Waals surface area contributed by atoms with Crippen LogP contribution in [0.25, 0.3) is 0 Å². The fourth-order valence-corrected chi connectivity index (χ4v) is 2.03. The van der Waals surface area contributed by atoms with E-state index in [1.54, 1.807) is 0 Å². The van der Waals surface area contributed by atoms with Crippen molar-refractivity contribution >= 4 is 33.4 Å². The van der Waals surface area contributed by atoms with Crippen LogP contribution in [0.15, 0.2) is 22.7 Å². The van der Waals surface area contributed by atoms with Gasteiger partial charge in [0.15, 0.2) is 0 Å². The average Bonchev–Trinajstić information content (AvgIpc) is 2.23. The van der Waals surface area contributed by atoms with Crippen LogP contribution in [0.1, 0.15) is 19.3 Å². The van der Waals surface area contributed by atoms with Gasteiger partial charge in [0.1, 0.15) is 5.82 Å². The van der Waals surface area contributed by atoms with Gasteiger partial charge in [0.25, 0.3) is 0 Å². The number of piperidine rings is 1. The van der Waals surface area contributed by atoms with Crippen LogP contribution >= 0.6 is 15.9 Å². The van der Waals surface area contributed by atoms with Crippen molar-refractivity contribution in [1.82, 2.24) is 0 Å². The molecule has 2 rings (SSSR count). The molecule has 1 aliphatic heterocycles. The zero-order valence-electron chi connectivity index (χ0n) is 8.37. The Balaban J connectivity index is 2.38. The molecule has 1 aromatic rings. The summed E-state index contributed by atoms with van der Waals surface area (Å²) >= 11 is 3.03. The lowest BCUT2D eigenvalue weighted by Gasteiger charge is -2.24. The number of halogens is 2. The van der Waals surface area contributed by atoms with Crippen LogP contribution in [0.5, 0.6) is 0 Å². The third-order valence-electron chi connectivity index (χ3n) is 2.44. The summed E-state index contributed by atoms with van der Waals surface area (Å²) in [5.41, 5.74) is 0.419. The summed E-state index contributed by atoms with van der Waals surface area (Å²) in [7, 11) is 0. The number of amides is 2. The Kier molecular flexibility index (Phi) is 3.05. The molecule has 0 N–H and O–H groups in total. The molecule has 1 heterocycles. The lowest BCUT2D eigenvalue weighted by molar-refractivity contribution is -0.129. The topological polar surface area (TPSA) is 37.4 Å². The van der Waals surface area contributed by atoms with E-state index in [0.29, 0.717) is 24.9 Å². The first-order chi connectivity index (χ1) is 7.59. The summed E-state index contributed by atoms with van der Waals surface area (Å²) in [5, 5.41) is 0. The lowest BCUT2D eigenvalue weighted by atomic mass is 10.1. The minimum absolute atomic E-state index is 0.227. The molecule has 84 valence electrons. The number of benzene rings is 1. The van der Waals surface area contributed by atoms with Crippen LogP contribution < -0.4 is 4.90 Å². The molecule has 0 saturated carbocycles. The SMILES string of the molecule is O=C1CCCC(=O)N1c1ccc(F)c(Br)c1. The Morgan fingerprint density at radius 2 is 1.81 bits per heavy atom. The second kappa shape index (κ2) is 4.33. The van der Waals surface area contributed by atoms with Crippen LogP contribution in [0, 0.1) is 5.82 Å². The van der Waals surface area contributed by atoms with Crippen LogP contribution in [-0.4, -0.2) is 11.8 Å². The molecule has 1 fully saturated rings. The van der Waals surface area contributed by atoms with Crippen LogP contribution in [0.4, 0.5) is 10.1 Å². The third-order valence-corrected chi connectivity index (χ3v) is 3.05. The molecule has 0 unspecified atom stereocenters. The van der Waals surface area contributed by atoms with E-state index in [1.807, 2.05) is 0 Å². The minimum atomic E-state index is -0.416. The van der Waals surface area contributed by atoms with Gasteiger partial charge in [0.05, 0.1) is 10.2 Å². The molecular formula is C11H9BrFNO2. The zero-order chi connectivity index (χ0) is 11.7. The van der Waals surface area contributed by atoms with Gasteiger partial charge in [-0.15, -0.1) is 0 Å². The van der Waals surface area contributed by atoms with Crippen molar-refractivity contribution in [3.05, 3.63) is 28.5 Å². The Hall–Kier alpha value is -1.23. The van der Waals surface area contributed by atoms with E-state index >= 15 is 0 Å². The molecule has 3 nitrogen and oxygen atoms in total. The van der Waals surface area contributed by atoms with E-state index in [1.165, 1.54) is 18.2 Å². The highest BCUT2D eigenvalue weighted by atomic mass is 79.9. The maximum atomic E-state index is 13.0. The highest BCUT2D eigenvalue weighted by Gasteiger charge is 2.27. The highest BCUT2D eigenvalue weighted by Crippen LogP contribution is 2.26. The first-order valence-electron chi connectivity index (χ1n) is 4.90. The number of imide groups is 1. The van der Waals surface area contributed by atoms with E-state index in [9.17, 15) is 14.0 Å². The maximum absolute atomic E-state index is 13.0. The number of rotatable bonds is 1. The number of carbonyl (C=O) groups is 2. The van der Waals surface area contributed by atoms with Crippen molar-refractivity contribution in [2.24, 2.45) is 0 Å². The summed E-state index contributed by atoms with van der Waals surface area (Å²) in [5.74, 6) is -0.870. The number of hydrogen-bond donors (Lipinski definition) is 0. The quantitative estimate of drug-likeness (QED) is 0.744. The van der Waals surface area contributed by atoms with Gasteiger partial charge in [-0.2, -0.15) is 0 Å². The van der Waals surface area contributed by atoms with Crippen molar-refractivity contribution in [2.45, 2.75) is 19.3 Å². The molecule has 0 bridgehead atoms. The fourth-order valence-electron chi connectivity index (χ4n) is 1.67. The molecule has 1 saturated heterocycles. The molecule has 0 aliphatic carbocycles. The number of anilines is 1. The molecule has 1 aromatic carbocycles. The fraction of sp³-hybridized carbons (Fsp3) is 0.273. The van der Waals surface area contributed by atoms with Gasteiger partial charge in [-0.25, -0.2) is 4.39 Å². The molecule has 5 heteroatoms. The molecule has 0 radical (unpaired) electrons. The number of hydrogen-bond acceptors (Lipinski definition) is 2. The molecule has 2 amide bonds. The standard InChI is InChI=1S/C11H9BrFNO2/c12-8-6-7(4-5-9(8)13)14-10(15)2-1-3-11(14)16/h4-6H,1-3H2. The summed E-state index contributed by atoms with van der Waals surface area (Å²) in [4.78, 5) is 24.3. The van der Waals surface area contributed by atoms with Crippen molar-refractivity contribution in [3.63, 3.8) is 0 Å². The zero-order valence-corrected chi connectivity index (χ0v) is 9.96. The average molecular weight is 286 g/mol. The Morgan fingerprint density at radius 1 is 1.19 bits per heavy atom. The smallest absolute Gasteiger partial charge is 0.233 e. The van der Waals surface area contributed by atoms with E-state index < -0.39 is 5.82 Å². The molecule has 0 aromatic heterocycles. The second-order valence-electron chi connectivity index (χ2n) is 3.57. The van der Waals surface area contributed by atoms with Gasteiger partial charge in [0.2, 0.25) is 11.8 Å². The van der Waals surface area contributed by atoms with E-state index in [0.717, 1.165) is 4.90 Å². The minimum Gasteiger partial charge on any atom is -0.274 e. The summed E-state index contributed by atoms with van der Waals surface area (Å²) in [6.45, 7) is 0. The highest BCUT2D eigenvalue weighted by molar-refractivity contribution is 9.10. The summed E-state index contributed by atoms with van der Waals surface area (Å²) in [6, 6.07) is 4.10. The normalized spacial score (nSPS) is 16.8. The van der Waals surface area contributed by atoms with Gasteiger partial charge < -0.3 is 0 Å². The van der Waals surface area contributed by atoms with Gasteiger partial charge in [0, 0.05) is 12.8 Å². The van der Waals surface area contributed by atoms with Gasteiger partial charge >= 0.3 is 0 Å². The predicted molar refractivity (Wildman–Crippen MR) is 60.4 cm³/mol. The van der Waals surface area contributed by atoms with E-state index in [4.69, 9.17) is 0 Å². The summed E-state index contributed by atoms with van der Waals surface area (Å²) in [6.07, 6.45) is 1.32. The number of carbonyl (C=O) groups excluding carboxylic acids is 2. The molecule has 1 aliphatic rings. The number of nitrogens with zero attached hydrogens (tertiary/aromatic N) is 1. The molecule has 0 spiro atoms. The van der Waals surface area contributed by atoms with Crippen LogP contribution in [0.3, 0.4) is 0 Å². The van der Waals surface area contributed by atoms with Crippen molar-refractivity contribution in [2.75, 3.05) is 4.90 Å². The van der Waals surface area contributed by atoms with Crippen LogP contribution in [0.2, 0.25) is 0 Å². The lowest BCUT2D eigenvalue weighted by Crippen LogP contribution is -2.40. The molecule has 0 atom stereocenters. The monoisotopic (exact) mass is 285 g/mol. The van der Waals surface area contributed by atoms with Gasteiger partial charge in [-0.05, 0) is 40.5 Å². The Bertz CT molecular complexity index is 445. The summed E-state index contributed by atoms with van der Waals surface area (Å²) < 4.78 is 13.3.